The summed E-state index contributed by atoms with van der Waals surface area (Å²) in [6, 6.07) is 9.87. The molecule has 0 amide bonds. The minimum absolute atomic E-state index is 0.169. The minimum Gasteiger partial charge on any atom is -0.369 e. The van der Waals surface area contributed by atoms with E-state index in [-0.39, 0.29) is 5.75 Å². The van der Waals surface area contributed by atoms with Crippen molar-refractivity contribution < 1.29 is 8.42 Å². The molecule has 2 rings (SSSR count). The Balaban J connectivity index is 2.13. The van der Waals surface area contributed by atoms with E-state index in [2.05, 4.69) is 9.62 Å². The molecule has 1 saturated heterocycles. The first kappa shape index (κ1) is 10.4. The molecule has 1 aliphatic rings. The zero-order valence-electron chi connectivity index (χ0n) is 8.39. The topological polar surface area (TPSA) is 49.4 Å². The molecule has 0 aromatic heterocycles. The lowest BCUT2D eigenvalue weighted by Crippen LogP contribution is -2.28. The van der Waals surface area contributed by atoms with Gasteiger partial charge in [-0.15, -0.1) is 0 Å². The van der Waals surface area contributed by atoms with Gasteiger partial charge in [-0.25, -0.2) is 13.1 Å². The third kappa shape index (κ3) is 2.70. The summed E-state index contributed by atoms with van der Waals surface area (Å²) in [5.41, 5.74) is 1.08. The summed E-state index contributed by atoms with van der Waals surface area (Å²) in [7, 11) is -3.05. The summed E-state index contributed by atoms with van der Waals surface area (Å²) >= 11 is 0. The third-order valence-corrected chi connectivity index (χ3v) is 3.82. The van der Waals surface area contributed by atoms with Crippen LogP contribution in [0.1, 0.15) is 0 Å². The fourth-order valence-corrected chi connectivity index (χ4v) is 2.65. The van der Waals surface area contributed by atoms with Gasteiger partial charge in [-0.2, -0.15) is 0 Å². The van der Waals surface area contributed by atoms with Crippen LogP contribution in [0.25, 0.3) is 0 Å². The van der Waals surface area contributed by atoms with Crippen molar-refractivity contribution in [2.75, 3.05) is 30.3 Å². The molecule has 4 nitrogen and oxygen atoms in total. The lowest BCUT2D eigenvalue weighted by Gasteiger charge is -2.21. The number of nitrogens with one attached hydrogen (secondary N) is 1. The van der Waals surface area contributed by atoms with Crippen molar-refractivity contribution in [1.29, 1.82) is 0 Å². The molecule has 0 aliphatic carbocycles. The van der Waals surface area contributed by atoms with Gasteiger partial charge in [-0.3, -0.25) is 0 Å². The maximum absolute atomic E-state index is 11.3. The zero-order valence-corrected chi connectivity index (χ0v) is 9.20. The van der Waals surface area contributed by atoms with Crippen molar-refractivity contribution in [3.63, 3.8) is 0 Å². The number of benzene rings is 1. The molecule has 1 fully saturated rings. The highest BCUT2D eigenvalue weighted by Gasteiger charge is 2.17. The van der Waals surface area contributed by atoms with E-state index < -0.39 is 10.0 Å². The number of hydrogen-bond donors (Lipinski definition) is 1. The van der Waals surface area contributed by atoms with Crippen molar-refractivity contribution in [1.82, 2.24) is 4.72 Å². The van der Waals surface area contributed by atoms with Gasteiger partial charge >= 0.3 is 0 Å². The molecule has 1 N–H and O–H groups in total. The number of sulfonamides is 1. The summed E-state index contributed by atoms with van der Waals surface area (Å²) in [4.78, 5) is 2.08. The van der Waals surface area contributed by atoms with E-state index in [4.69, 9.17) is 0 Å². The van der Waals surface area contributed by atoms with Crippen LogP contribution in [0.3, 0.4) is 0 Å². The quantitative estimate of drug-likeness (QED) is 0.755. The Bertz CT molecular complexity index is 416. The van der Waals surface area contributed by atoms with E-state index >= 15 is 0 Å². The monoisotopic (exact) mass is 226 g/mol. The summed E-state index contributed by atoms with van der Waals surface area (Å²) in [5.74, 6) is 0.169. The normalized spacial score (nSPS) is 20.9. The Labute approximate surface area is 90.0 Å². The lowest BCUT2D eigenvalue weighted by atomic mass is 10.3. The second-order valence-corrected chi connectivity index (χ2v) is 5.46. The fraction of sp³-hybridized carbons (Fsp3) is 0.400. The summed E-state index contributed by atoms with van der Waals surface area (Å²) < 4.78 is 25.2. The first-order valence-electron chi connectivity index (χ1n) is 4.95. The number of rotatable bonds is 1. The molecule has 1 heterocycles. The minimum atomic E-state index is -3.05. The Kier molecular flexibility index (Phi) is 2.93. The van der Waals surface area contributed by atoms with Crippen LogP contribution in [0.5, 0.6) is 0 Å². The third-order valence-electron chi connectivity index (χ3n) is 2.45. The van der Waals surface area contributed by atoms with E-state index in [1.165, 1.54) is 0 Å². The van der Waals surface area contributed by atoms with Crippen LogP contribution in [0.2, 0.25) is 0 Å². The maximum Gasteiger partial charge on any atom is 0.213 e. The highest BCUT2D eigenvalue weighted by Crippen LogP contribution is 2.13. The molecule has 1 aliphatic heterocycles. The highest BCUT2D eigenvalue weighted by molar-refractivity contribution is 7.89. The van der Waals surface area contributed by atoms with Crippen LogP contribution in [0, 0.1) is 0 Å². The molecule has 82 valence electrons. The highest BCUT2D eigenvalue weighted by atomic mass is 32.2. The number of para-hydroxylation sites is 1. The maximum atomic E-state index is 11.3. The second-order valence-electron chi connectivity index (χ2n) is 3.54. The Morgan fingerprint density at radius 2 is 1.87 bits per heavy atom. The van der Waals surface area contributed by atoms with Gasteiger partial charge in [0.2, 0.25) is 10.0 Å². The van der Waals surface area contributed by atoms with Gasteiger partial charge in [0.1, 0.15) is 0 Å². The molecule has 0 bridgehead atoms. The predicted octanol–water partition coefficient (Wildman–Crippen LogP) is 0.426. The molecular formula is C10H14N2O2S. The van der Waals surface area contributed by atoms with Crippen molar-refractivity contribution in [3.8, 4) is 0 Å². The molecule has 0 unspecified atom stereocenters. The van der Waals surface area contributed by atoms with Crippen LogP contribution in [0.4, 0.5) is 5.69 Å². The van der Waals surface area contributed by atoms with Crippen LogP contribution in [-0.2, 0) is 10.0 Å². The standard InChI is InChI=1S/C10H14N2O2S/c13-15(14)9-8-12(7-6-11-15)10-4-2-1-3-5-10/h1-5,11H,6-9H2. The number of hydrogen-bond acceptors (Lipinski definition) is 3. The molecule has 0 atom stereocenters. The molecule has 1 aromatic rings. The molecule has 0 saturated carbocycles. The van der Waals surface area contributed by atoms with Crippen molar-refractivity contribution in [2.24, 2.45) is 0 Å². The van der Waals surface area contributed by atoms with Gasteiger partial charge in [-0.05, 0) is 12.1 Å². The Hall–Kier alpha value is -1.07. The van der Waals surface area contributed by atoms with Crippen LogP contribution >= 0.6 is 0 Å². The van der Waals surface area contributed by atoms with E-state index in [1.54, 1.807) is 0 Å². The zero-order chi connectivity index (χ0) is 10.7. The first-order valence-corrected chi connectivity index (χ1v) is 6.60. The van der Waals surface area contributed by atoms with Crippen molar-refractivity contribution >= 4 is 15.7 Å². The number of anilines is 1. The van der Waals surface area contributed by atoms with E-state index in [0.717, 1.165) is 12.2 Å². The van der Waals surface area contributed by atoms with Crippen molar-refractivity contribution in [2.45, 2.75) is 0 Å². The molecule has 15 heavy (non-hydrogen) atoms. The number of nitrogens with zero attached hydrogens (tertiary/aromatic N) is 1. The SMILES string of the molecule is O=S1(=O)CCN(c2ccccc2)CCN1. The average molecular weight is 226 g/mol. The molecular weight excluding hydrogens is 212 g/mol. The molecule has 1 aromatic carbocycles. The van der Waals surface area contributed by atoms with Crippen molar-refractivity contribution in [3.05, 3.63) is 30.3 Å². The Morgan fingerprint density at radius 1 is 1.13 bits per heavy atom. The van der Waals surface area contributed by atoms with Crippen LogP contribution in [-0.4, -0.2) is 33.8 Å². The van der Waals surface area contributed by atoms with Gasteiger partial charge in [0, 0.05) is 25.3 Å². The summed E-state index contributed by atoms with van der Waals surface area (Å²) in [5, 5.41) is 0. The Morgan fingerprint density at radius 3 is 2.60 bits per heavy atom. The lowest BCUT2D eigenvalue weighted by molar-refractivity contribution is 0.586. The predicted molar refractivity (Wildman–Crippen MR) is 60.4 cm³/mol. The van der Waals surface area contributed by atoms with Crippen LogP contribution in [0.15, 0.2) is 30.3 Å². The largest absolute Gasteiger partial charge is 0.369 e. The summed E-state index contributed by atoms with van der Waals surface area (Å²) in [6.07, 6.45) is 0. The van der Waals surface area contributed by atoms with Gasteiger partial charge in [0.15, 0.2) is 0 Å². The van der Waals surface area contributed by atoms with E-state index in [9.17, 15) is 8.42 Å². The average Bonchev–Trinajstić information content (AvgIpc) is 2.41. The molecule has 0 radical (unpaired) electrons. The van der Waals surface area contributed by atoms with Gasteiger partial charge in [-0.1, -0.05) is 18.2 Å². The smallest absolute Gasteiger partial charge is 0.213 e. The first-order chi connectivity index (χ1) is 7.17. The van der Waals surface area contributed by atoms with E-state index in [1.807, 2.05) is 30.3 Å². The van der Waals surface area contributed by atoms with Crippen LogP contribution < -0.4 is 9.62 Å². The summed E-state index contributed by atoms with van der Waals surface area (Å²) in [6.45, 7) is 1.76. The van der Waals surface area contributed by atoms with Gasteiger partial charge in [0.25, 0.3) is 0 Å². The van der Waals surface area contributed by atoms with Gasteiger partial charge < -0.3 is 4.90 Å². The molecule has 0 spiro atoms. The molecule has 5 heteroatoms. The second kappa shape index (κ2) is 4.20. The fourth-order valence-electron chi connectivity index (χ4n) is 1.65. The van der Waals surface area contributed by atoms with E-state index in [0.29, 0.717) is 13.1 Å². The van der Waals surface area contributed by atoms with Gasteiger partial charge in [0.05, 0.1) is 5.75 Å².